The van der Waals surface area contributed by atoms with Crippen molar-refractivity contribution in [2.75, 3.05) is 0 Å². The molecule has 0 aromatic carbocycles. The third-order valence-corrected chi connectivity index (χ3v) is 4.24. The van der Waals surface area contributed by atoms with Crippen LogP contribution in [0.5, 0.6) is 0 Å². The number of fused-ring (bicyclic) bond motifs is 1. The molecule has 2 aromatic heterocycles. The summed E-state index contributed by atoms with van der Waals surface area (Å²) >= 11 is 0. The fraction of sp³-hybridized carbons (Fsp3) is 0.500. The Morgan fingerprint density at radius 1 is 1.35 bits per heavy atom. The number of nitrogens with one attached hydrogen (secondary N) is 1. The van der Waals surface area contributed by atoms with Gasteiger partial charge in [0.05, 0.1) is 17.9 Å². The molecule has 1 aliphatic rings. The van der Waals surface area contributed by atoms with Gasteiger partial charge in [0.25, 0.3) is 0 Å². The van der Waals surface area contributed by atoms with E-state index >= 15 is 0 Å². The molecule has 2 aromatic rings. The van der Waals surface area contributed by atoms with Crippen molar-refractivity contribution in [3.05, 3.63) is 35.8 Å². The number of aromatic nitrogens is 2. The minimum atomic E-state index is 0.204. The van der Waals surface area contributed by atoms with Crippen LogP contribution in [0.15, 0.2) is 24.4 Å². The maximum atomic E-state index is 12.2. The Kier molecular flexibility index (Phi) is 3.72. The van der Waals surface area contributed by atoms with Crippen molar-refractivity contribution in [2.45, 2.75) is 45.6 Å². The number of rotatable bonds is 3. The van der Waals surface area contributed by atoms with E-state index in [9.17, 15) is 4.79 Å². The molecular formula is C16H21N3O. The van der Waals surface area contributed by atoms with Crippen molar-refractivity contribution in [1.82, 2.24) is 14.7 Å². The Labute approximate surface area is 119 Å². The highest BCUT2D eigenvalue weighted by Crippen LogP contribution is 2.23. The summed E-state index contributed by atoms with van der Waals surface area (Å²) < 4.78 is 2.05. The van der Waals surface area contributed by atoms with Gasteiger partial charge in [-0.2, -0.15) is 0 Å². The fourth-order valence-electron chi connectivity index (χ4n) is 3.06. The zero-order valence-corrected chi connectivity index (χ0v) is 11.9. The van der Waals surface area contributed by atoms with Gasteiger partial charge >= 0.3 is 0 Å². The molecule has 0 bridgehead atoms. The molecule has 1 saturated carbocycles. The summed E-state index contributed by atoms with van der Waals surface area (Å²) in [7, 11) is 0. The maximum absolute atomic E-state index is 12.2. The topological polar surface area (TPSA) is 46.4 Å². The van der Waals surface area contributed by atoms with Gasteiger partial charge in [0.15, 0.2) is 0 Å². The molecule has 0 radical (unpaired) electrons. The van der Waals surface area contributed by atoms with E-state index in [0.29, 0.717) is 6.54 Å². The molecule has 4 nitrogen and oxygen atoms in total. The smallest absolute Gasteiger partial charge is 0.223 e. The van der Waals surface area contributed by atoms with Crippen LogP contribution in [0.3, 0.4) is 0 Å². The molecule has 2 heterocycles. The molecule has 1 amide bonds. The highest BCUT2D eigenvalue weighted by molar-refractivity contribution is 5.78. The van der Waals surface area contributed by atoms with Gasteiger partial charge in [-0.1, -0.05) is 25.3 Å². The Bertz CT molecular complexity index is 611. The van der Waals surface area contributed by atoms with Crippen molar-refractivity contribution in [3.8, 4) is 0 Å². The fourth-order valence-corrected chi connectivity index (χ4v) is 3.06. The Balaban J connectivity index is 1.70. The summed E-state index contributed by atoms with van der Waals surface area (Å²) in [5, 5.41) is 3.09. The van der Waals surface area contributed by atoms with Crippen LogP contribution in [0.2, 0.25) is 0 Å². The minimum Gasteiger partial charge on any atom is -0.350 e. The average Bonchev–Trinajstić information content (AvgIpc) is 2.81. The molecule has 0 unspecified atom stereocenters. The minimum absolute atomic E-state index is 0.204. The van der Waals surface area contributed by atoms with Crippen molar-refractivity contribution < 1.29 is 4.79 Å². The van der Waals surface area contributed by atoms with Crippen molar-refractivity contribution in [1.29, 1.82) is 0 Å². The molecular weight excluding hydrogens is 250 g/mol. The van der Waals surface area contributed by atoms with Gasteiger partial charge in [-0.3, -0.25) is 4.79 Å². The van der Waals surface area contributed by atoms with Crippen LogP contribution >= 0.6 is 0 Å². The van der Waals surface area contributed by atoms with Gasteiger partial charge in [0.2, 0.25) is 5.91 Å². The van der Waals surface area contributed by atoms with Crippen LogP contribution in [0.25, 0.3) is 5.65 Å². The number of amides is 1. The van der Waals surface area contributed by atoms with Crippen LogP contribution in [0.4, 0.5) is 0 Å². The van der Waals surface area contributed by atoms with Crippen molar-refractivity contribution >= 4 is 11.6 Å². The number of nitrogens with zero attached hydrogens (tertiary/aromatic N) is 2. The molecule has 1 N–H and O–H groups in total. The first kappa shape index (κ1) is 13.2. The SMILES string of the molecule is Cc1nc2ccccn2c1CNC(=O)C1CCCCC1. The number of hydrogen-bond acceptors (Lipinski definition) is 2. The summed E-state index contributed by atoms with van der Waals surface area (Å²) in [5.41, 5.74) is 3.00. The van der Waals surface area contributed by atoms with Gasteiger partial charge < -0.3 is 9.72 Å². The highest BCUT2D eigenvalue weighted by Gasteiger charge is 2.21. The number of aryl methyl sites for hydroxylation is 1. The lowest BCUT2D eigenvalue weighted by Crippen LogP contribution is -2.32. The molecule has 3 rings (SSSR count). The molecule has 20 heavy (non-hydrogen) atoms. The molecule has 0 atom stereocenters. The average molecular weight is 271 g/mol. The molecule has 106 valence electrons. The molecule has 1 fully saturated rings. The summed E-state index contributed by atoms with van der Waals surface area (Å²) in [5.74, 6) is 0.415. The number of carbonyl (C=O) groups excluding carboxylic acids is 1. The van der Waals surface area contributed by atoms with Gasteiger partial charge in [0.1, 0.15) is 5.65 Å². The van der Waals surface area contributed by atoms with Crippen LogP contribution in [-0.2, 0) is 11.3 Å². The second-order valence-corrected chi connectivity index (χ2v) is 5.63. The van der Waals surface area contributed by atoms with Gasteiger partial charge in [-0.15, -0.1) is 0 Å². The van der Waals surface area contributed by atoms with E-state index in [0.717, 1.165) is 29.9 Å². The number of carbonyl (C=O) groups is 1. The molecule has 0 spiro atoms. The predicted octanol–water partition coefficient (Wildman–Crippen LogP) is 2.84. The Morgan fingerprint density at radius 3 is 2.95 bits per heavy atom. The Hall–Kier alpha value is -1.84. The molecule has 4 heteroatoms. The van der Waals surface area contributed by atoms with Crippen LogP contribution in [0.1, 0.15) is 43.5 Å². The van der Waals surface area contributed by atoms with Gasteiger partial charge in [-0.25, -0.2) is 4.98 Å². The molecule has 0 saturated heterocycles. The summed E-state index contributed by atoms with van der Waals surface area (Å²) in [4.78, 5) is 16.7. The van der Waals surface area contributed by atoms with Gasteiger partial charge in [0, 0.05) is 12.1 Å². The van der Waals surface area contributed by atoms with E-state index in [1.807, 2.05) is 31.3 Å². The second-order valence-electron chi connectivity index (χ2n) is 5.63. The van der Waals surface area contributed by atoms with E-state index in [1.54, 1.807) is 0 Å². The second kappa shape index (κ2) is 5.65. The lowest BCUT2D eigenvalue weighted by Gasteiger charge is -2.20. The van der Waals surface area contributed by atoms with Crippen molar-refractivity contribution in [2.24, 2.45) is 5.92 Å². The monoisotopic (exact) mass is 271 g/mol. The summed E-state index contributed by atoms with van der Waals surface area (Å²) in [6, 6.07) is 5.95. The quantitative estimate of drug-likeness (QED) is 0.933. The first-order chi connectivity index (χ1) is 9.75. The number of hydrogen-bond donors (Lipinski definition) is 1. The van der Waals surface area contributed by atoms with E-state index in [-0.39, 0.29) is 11.8 Å². The third kappa shape index (κ3) is 2.55. The lowest BCUT2D eigenvalue weighted by molar-refractivity contribution is -0.126. The third-order valence-electron chi connectivity index (χ3n) is 4.24. The summed E-state index contributed by atoms with van der Waals surface area (Å²) in [6.45, 7) is 2.56. The van der Waals surface area contributed by atoms with E-state index in [2.05, 4.69) is 14.7 Å². The van der Waals surface area contributed by atoms with Crippen LogP contribution in [-0.4, -0.2) is 15.3 Å². The summed E-state index contributed by atoms with van der Waals surface area (Å²) in [6.07, 6.45) is 7.73. The van der Waals surface area contributed by atoms with E-state index in [4.69, 9.17) is 0 Å². The number of pyridine rings is 1. The zero-order chi connectivity index (χ0) is 13.9. The number of imidazole rings is 1. The largest absolute Gasteiger partial charge is 0.350 e. The lowest BCUT2D eigenvalue weighted by atomic mass is 9.89. The van der Waals surface area contributed by atoms with E-state index < -0.39 is 0 Å². The van der Waals surface area contributed by atoms with Crippen LogP contribution in [0, 0.1) is 12.8 Å². The van der Waals surface area contributed by atoms with E-state index in [1.165, 1.54) is 19.3 Å². The van der Waals surface area contributed by atoms with Crippen molar-refractivity contribution in [3.63, 3.8) is 0 Å². The standard InChI is InChI=1S/C16H21N3O/c1-12-14(19-10-6-5-9-15(19)18-12)11-17-16(20)13-7-3-2-4-8-13/h5-6,9-10,13H,2-4,7-8,11H2,1H3,(H,17,20). The first-order valence-corrected chi connectivity index (χ1v) is 7.46. The predicted molar refractivity (Wildman–Crippen MR) is 78.4 cm³/mol. The van der Waals surface area contributed by atoms with Gasteiger partial charge in [-0.05, 0) is 31.9 Å². The normalized spacial score (nSPS) is 16.4. The zero-order valence-electron chi connectivity index (χ0n) is 11.9. The highest BCUT2D eigenvalue weighted by atomic mass is 16.1. The molecule has 0 aliphatic heterocycles. The van der Waals surface area contributed by atoms with Crippen LogP contribution < -0.4 is 5.32 Å². The Morgan fingerprint density at radius 2 is 2.15 bits per heavy atom. The first-order valence-electron chi connectivity index (χ1n) is 7.46. The maximum Gasteiger partial charge on any atom is 0.223 e. The molecule has 1 aliphatic carbocycles.